The van der Waals surface area contributed by atoms with Gasteiger partial charge in [-0.05, 0) is 10.9 Å². The van der Waals surface area contributed by atoms with Gasteiger partial charge in [0.15, 0.2) is 0 Å². The third kappa shape index (κ3) is 2.27. The standard InChI is InChI=1S/C16H10BN5/c1-3-16(17,4-2)15-13(8-21)11(6-19)10(5-18)12(7-20)14(15)9-22/h3-4H2,1-2H3. The molecule has 0 fully saturated rings. The van der Waals surface area contributed by atoms with Crippen LogP contribution in [-0.2, 0) is 5.31 Å². The first-order valence-corrected chi connectivity index (χ1v) is 6.53. The summed E-state index contributed by atoms with van der Waals surface area (Å²) in [5, 5.41) is 45.6. The van der Waals surface area contributed by atoms with E-state index < -0.39 is 5.31 Å². The molecule has 1 aromatic rings. The SMILES string of the molecule is [B]C(CC)(CC)c1c(C#N)c(C#N)c(C#N)c(C#N)c1C#N. The highest BCUT2D eigenvalue weighted by Gasteiger charge is 2.33. The first-order chi connectivity index (χ1) is 10.5. The van der Waals surface area contributed by atoms with Crippen molar-refractivity contribution in [1.29, 1.82) is 26.3 Å². The van der Waals surface area contributed by atoms with Crippen LogP contribution in [0, 0.1) is 56.7 Å². The molecule has 0 aromatic heterocycles. The Bertz CT molecular complexity index is 777. The average molecular weight is 283 g/mol. The van der Waals surface area contributed by atoms with E-state index in [2.05, 4.69) is 0 Å². The highest BCUT2D eigenvalue weighted by atomic mass is 14.4. The van der Waals surface area contributed by atoms with Crippen molar-refractivity contribution in [3.63, 3.8) is 0 Å². The number of rotatable bonds is 3. The van der Waals surface area contributed by atoms with Crippen molar-refractivity contribution in [2.24, 2.45) is 0 Å². The lowest BCUT2D eigenvalue weighted by Gasteiger charge is -2.31. The summed E-state index contributed by atoms with van der Waals surface area (Å²) in [7, 11) is 6.31. The van der Waals surface area contributed by atoms with Crippen molar-refractivity contribution < 1.29 is 0 Å². The molecule has 0 bridgehead atoms. The van der Waals surface area contributed by atoms with Crippen molar-refractivity contribution in [2.45, 2.75) is 32.0 Å². The Balaban J connectivity index is 4.25. The van der Waals surface area contributed by atoms with Gasteiger partial charge >= 0.3 is 0 Å². The van der Waals surface area contributed by atoms with E-state index in [1.165, 1.54) is 0 Å². The molecule has 0 N–H and O–H groups in total. The fraction of sp³-hybridized carbons (Fsp3) is 0.312. The zero-order chi connectivity index (χ0) is 16.9. The highest BCUT2D eigenvalue weighted by Crippen LogP contribution is 2.37. The fourth-order valence-electron chi connectivity index (χ4n) is 2.41. The molecule has 2 radical (unpaired) electrons. The second-order valence-electron chi connectivity index (χ2n) is 4.67. The van der Waals surface area contributed by atoms with Crippen LogP contribution in [0.4, 0.5) is 0 Å². The third-order valence-corrected chi connectivity index (χ3v) is 3.82. The smallest absolute Gasteiger partial charge is 0.102 e. The van der Waals surface area contributed by atoms with Crippen LogP contribution in [-0.4, -0.2) is 7.85 Å². The van der Waals surface area contributed by atoms with Gasteiger partial charge in [0.05, 0.1) is 35.7 Å². The molecule has 0 atom stereocenters. The molecule has 1 rings (SSSR count). The summed E-state index contributed by atoms with van der Waals surface area (Å²) in [5.74, 6) is 0. The maximum Gasteiger partial charge on any atom is 0.102 e. The van der Waals surface area contributed by atoms with Gasteiger partial charge in [0.1, 0.15) is 30.3 Å². The second-order valence-corrected chi connectivity index (χ2v) is 4.67. The van der Waals surface area contributed by atoms with Crippen molar-refractivity contribution >= 4 is 7.85 Å². The number of nitrogens with zero attached hydrogens (tertiary/aromatic N) is 5. The largest absolute Gasteiger partial charge is 0.192 e. The highest BCUT2D eigenvalue weighted by molar-refractivity contribution is 6.16. The average Bonchev–Trinajstić information content (AvgIpc) is 2.57. The van der Waals surface area contributed by atoms with E-state index in [1.54, 1.807) is 32.1 Å². The summed E-state index contributed by atoms with van der Waals surface area (Å²) in [4.78, 5) is 0. The lowest BCUT2D eigenvalue weighted by atomic mass is 9.58. The van der Waals surface area contributed by atoms with Crippen LogP contribution in [0.5, 0.6) is 0 Å². The topological polar surface area (TPSA) is 119 Å². The van der Waals surface area contributed by atoms with E-state index in [4.69, 9.17) is 7.85 Å². The Labute approximate surface area is 130 Å². The molecule has 6 heteroatoms. The van der Waals surface area contributed by atoms with E-state index in [0.29, 0.717) is 12.8 Å². The number of hydrogen-bond acceptors (Lipinski definition) is 5. The van der Waals surface area contributed by atoms with E-state index in [0.717, 1.165) is 0 Å². The summed E-state index contributed by atoms with van der Waals surface area (Å²) in [6.45, 7) is 3.59. The van der Waals surface area contributed by atoms with Crippen molar-refractivity contribution in [2.75, 3.05) is 0 Å². The fourth-order valence-corrected chi connectivity index (χ4v) is 2.41. The van der Waals surface area contributed by atoms with E-state index in [1.807, 2.05) is 12.1 Å². The minimum Gasteiger partial charge on any atom is -0.192 e. The second kappa shape index (κ2) is 6.46. The Hall–Kier alpha value is -3.27. The van der Waals surface area contributed by atoms with Gasteiger partial charge in [0.25, 0.3) is 0 Å². The van der Waals surface area contributed by atoms with E-state index >= 15 is 0 Å². The van der Waals surface area contributed by atoms with Crippen LogP contribution >= 0.6 is 0 Å². The predicted molar refractivity (Wildman–Crippen MR) is 78.0 cm³/mol. The molecule has 0 aliphatic rings. The molecule has 22 heavy (non-hydrogen) atoms. The molecule has 0 amide bonds. The summed E-state index contributed by atoms with van der Waals surface area (Å²) >= 11 is 0. The number of hydrogen-bond donors (Lipinski definition) is 0. The molecule has 0 unspecified atom stereocenters. The first-order valence-electron chi connectivity index (χ1n) is 6.53. The van der Waals surface area contributed by atoms with E-state index in [9.17, 15) is 26.3 Å². The molecule has 0 heterocycles. The molecule has 0 spiro atoms. The Morgan fingerprint density at radius 3 is 1.18 bits per heavy atom. The predicted octanol–water partition coefficient (Wildman–Crippen LogP) is 2.23. The Kier molecular flexibility index (Phi) is 4.93. The molecule has 0 aliphatic heterocycles. The van der Waals surface area contributed by atoms with Gasteiger partial charge in [0, 0.05) is 0 Å². The normalized spacial score (nSPS) is 9.68. The zero-order valence-corrected chi connectivity index (χ0v) is 12.2. The first kappa shape index (κ1) is 16.8. The minimum absolute atomic E-state index is 0.0965. The molecule has 0 saturated heterocycles. The summed E-state index contributed by atoms with van der Waals surface area (Å²) < 4.78 is 0. The van der Waals surface area contributed by atoms with Crippen LogP contribution in [0.25, 0.3) is 0 Å². The van der Waals surface area contributed by atoms with Gasteiger partial charge in [-0.3, -0.25) is 0 Å². The van der Waals surface area contributed by atoms with Gasteiger partial charge in [-0.15, -0.1) is 0 Å². The van der Waals surface area contributed by atoms with Gasteiger partial charge in [-0.25, -0.2) is 0 Å². The summed E-state index contributed by atoms with van der Waals surface area (Å²) in [6, 6.07) is 9.08. The van der Waals surface area contributed by atoms with Crippen molar-refractivity contribution in [3.05, 3.63) is 33.4 Å². The van der Waals surface area contributed by atoms with Gasteiger partial charge in [-0.2, -0.15) is 26.3 Å². The third-order valence-electron chi connectivity index (χ3n) is 3.82. The van der Waals surface area contributed by atoms with Crippen LogP contribution in [0.3, 0.4) is 0 Å². The Morgan fingerprint density at radius 2 is 0.955 bits per heavy atom. The van der Waals surface area contributed by atoms with Crippen molar-refractivity contribution in [1.82, 2.24) is 0 Å². The van der Waals surface area contributed by atoms with Crippen LogP contribution < -0.4 is 0 Å². The quantitative estimate of drug-likeness (QED) is 0.787. The Morgan fingerprint density at radius 1 is 0.682 bits per heavy atom. The van der Waals surface area contributed by atoms with Crippen LogP contribution in [0.2, 0.25) is 0 Å². The monoisotopic (exact) mass is 283 g/mol. The summed E-state index contributed by atoms with van der Waals surface area (Å²) in [6.07, 6.45) is 0.822. The van der Waals surface area contributed by atoms with Crippen LogP contribution in [0.15, 0.2) is 0 Å². The van der Waals surface area contributed by atoms with Gasteiger partial charge < -0.3 is 0 Å². The molecule has 0 saturated carbocycles. The van der Waals surface area contributed by atoms with Gasteiger partial charge in [-0.1, -0.05) is 26.7 Å². The van der Waals surface area contributed by atoms with Gasteiger partial charge in [0.2, 0.25) is 0 Å². The molecule has 0 aliphatic carbocycles. The molecular weight excluding hydrogens is 273 g/mol. The lowest BCUT2D eigenvalue weighted by molar-refractivity contribution is 0.562. The number of nitriles is 5. The summed E-state index contributed by atoms with van der Waals surface area (Å²) in [5.41, 5.74) is -0.674. The molecule has 1 aromatic carbocycles. The lowest BCUT2D eigenvalue weighted by Crippen LogP contribution is -2.28. The minimum atomic E-state index is -1.03. The maximum atomic E-state index is 9.43. The number of benzene rings is 1. The molecule has 102 valence electrons. The maximum absolute atomic E-state index is 9.43. The zero-order valence-electron chi connectivity index (χ0n) is 12.2. The molecule has 5 nitrogen and oxygen atoms in total. The van der Waals surface area contributed by atoms with E-state index in [-0.39, 0.29) is 33.4 Å². The van der Waals surface area contributed by atoms with Crippen molar-refractivity contribution in [3.8, 4) is 30.3 Å². The molecular formula is C16H10BN5. The van der Waals surface area contributed by atoms with Crippen LogP contribution in [0.1, 0.15) is 60.1 Å².